The number of rotatable bonds is 1. The Hall–Kier alpha value is -2.08. The van der Waals surface area contributed by atoms with Gasteiger partial charge in [0.05, 0.1) is 0 Å². The maximum Gasteiger partial charge on any atom is 0.0159 e. The zero-order chi connectivity index (χ0) is 17.3. The molecule has 1 atom stereocenters. The highest BCUT2D eigenvalue weighted by Crippen LogP contribution is 2.49. The van der Waals surface area contributed by atoms with Crippen molar-refractivity contribution in [1.29, 1.82) is 0 Å². The van der Waals surface area contributed by atoms with Gasteiger partial charge < -0.3 is 0 Å². The fourth-order valence-corrected chi connectivity index (χ4v) is 3.92. The van der Waals surface area contributed by atoms with Gasteiger partial charge in [-0.3, -0.25) is 0 Å². The van der Waals surface area contributed by atoms with Crippen molar-refractivity contribution in [3.8, 4) is 11.1 Å². The summed E-state index contributed by atoms with van der Waals surface area (Å²) in [4.78, 5) is 0. The van der Waals surface area contributed by atoms with Gasteiger partial charge in [0.2, 0.25) is 0 Å². The predicted molar refractivity (Wildman–Crippen MR) is 106 cm³/mol. The summed E-state index contributed by atoms with van der Waals surface area (Å²) in [6, 6.07) is 15.8. The van der Waals surface area contributed by atoms with Crippen LogP contribution >= 0.6 is 0 Å². The summed E-state index contributed by atoms with van der Waals surface area (Å²) in [7, 11) is 0. The van der Waals surface area contributed by atoms with Crippen molar-refractivity contribution < 1.29 is 0 Å². The molecule has 0 bridgehead atoms. The van der Waals surface area contributed by atoms with Crippen LogP contribution in [0.5, 0.6) is 0 Å². The summed E-state index contributed by atoms with van der Waals surface area (Å²) in [5, 5.41) is 0. The van der Waals surface area contributed by atoms with E-state index >= 15 is 0 Å². The molecule has 0 heterocycles. The van der Waals surface area contributed by atoms with Crippen LogP contribution in [0, 0.1) is 5.92 Å². The summed E-state index contributed by atoms with van der Waals surface area (Å²) in [6.45, 7) is 11.0. The van der Waals surface area contributed by atoms with Crippen LogP contribution in [-0.4, -0.2) is 0 Å². The van der Waals surface area contributed by atoms with Gasteiger partial charge in [0, 0.05) is 5.41 Å². The van der Waals surface area contributed by atoms with Crippen molar-refractivity contribution in [1.82, 2.24) is 0 Å². The van der Waals surface area contributed by atoms with Gasteiger partial charge in [-0.25, -0.2) is 0 Å². The third-order valence-electron chi connectivity index (χ3n) is 5.19. The number of benzene rings is 2. The average molecular weight is 316 g/mol. The minimum absolute atomic E-state index is 0.0898. The topological polar surface area (TPSA) is 0 Å². The molecule has 0 fully saturated rings. The summed E-state index contributed by atoms with van der Waals surface area (Å²) in [6.07, 6.45) is 8.13. The van der Waals surface area contributed by atoms with E-state index in [-0.39, 0.29) is 5.41 Å². The quantitative estimate of drug-likeness (QED) is 0.531. The van der Waals surface area contributed by atoms with Gasteiger partial charge in [0.15, 0.2) is 0 Å². The van der Waals surface area contributed by atoms with Crippen LogP contribution in [0.15, 0.2) is 60.7 Å². The lowest BCUT2D eigenvalue weighted by Crippen LogP contribution is -2.15. The van der Waals surface area contributed by atoms with Crippen LogP contribution in [0.1, 0.15) is 57.7 Å². The van der Waals surface area contributed by atoms with Crippen LogP contribution < -0.4 is 0 Å². The maximum absolute atomic E-state index is 2.41. The van der Waals surface area contributed by atoms with Crippen molar-refractivity contribution in [3.63, 3.8) is 0 Å². The minimum Gasteiger partial charge on any atom is -0.0834 e. The van der Waals surface area contributed by atoms with E-state index < -0.39 is 0 Å². The lowest BCUT2D eigenvalue weighted by molar-refractivity contribution is 0.660. The van der Waals surface area contributed by atoms with Crippen molar-refractivity contribution in [2.45, 2.75) is 46.5 Å². The highest BCUT2D eigenvalue weighted by atomic mass is 14.4. The third kappa shape index (κ3) is 2.65. The first kappa shape index (κ1) is 16.8. The first-order valence-corrected chi connectivity index (χ1v) is 9.20. The Bertz CT molecular complexity index is 803. The normalized spacial score (nSPS) is 19.7. The van der Waals surface area contributed by atoms with E-state index in [4.69, 9.17) is 0 Å². The second-order valence-electron chi connectivity index (χ2n) is 7.17. The molecule has 4 rings (SSSR count). The Morgan fingerprint density at radius 1 is 0.917 bits per heavy atom. The SMILES string of the molecule is CC.CC1C=C(c2ccc3c(c2)C(C)(C)c2ccccc2-3)C=CC1. The number of hydrogen-bond acceptors (Lipinski definition) is 0. The van der Waals surface area contributed by atoms with Gasteiger partial charge in [-0.15, -0.1) is 0 Å². The Morgan fingerprint density at radius 2 is 1.62 bits per heavy atom. The highest BCUT2D eigenvalue weighted by molar-refractivity contribution is 5.84. The zero-order valence-corrected chi connectivity index (χ0v) is 15.6. The van der Waals surface area contributed by atoms with Crippen LogP contribution in [0.4, 0.5) is 0 Å². The molecule has 2 aromatic carbocycles. The smallest absolute Gasteiger partial charge is 0.0159 e. The van der Waals surface area contributed by atoms with Gasteiger partial charge in [0.1, 0.15) is 0 Å². The van der Waals surface area contributed by atoms with Crippen LogP contribution in [0.3, 0.4) is 0 Å². The molecular formula is C24H28. The average Bonchev–Trinajstić information content (AvgIpc) is 2.85. The van der Waals surface area contributed by atoms with E-state index in [0.29, 0.717) is 5.92 Å². The second kappa shape index (κ2) is 6.43. The molecular weight excluding hydrogens is 288 g/mol. The molecule has 0 N–H and O–H groups in total. The highest BCUT2D eigenvalue weighted by Gasteiger charge is 2.35. The molecule has 0 amide bonds. The monoisotopic (exact) mass is 316 g/mol. The van der Waals surface area contributed by atoms with E-state index in [1.165, 1.54) is 33.4 Å². The molecule has 0 spiro atoms. The Kier molecular flexibility index (Phi) is 4.49. The van der Waals surface area contributed by atoms with Gasteiger partial charge >= 0.3 is 0 Å². The molecule has 124 valence electrons. The molecule has 1 unspecified atom stereocenters. The molecule has 0 saturated carbocycles. The third-order valence-corrected chi connectivity index (χ3v) is 5.19. The summed E-state index contributed by atoms with van der Waals surface area (Å²) in [5.74, 6) is 0.637. The van der Waals surface area contributed by atoms with E-state index in [9.17, 15) is 0 Å². The molecule has 2 aliphatic carbocycles. The first-order valence-electron chi connectivity index (χ1n) is 9.20. The van der Waals surface area contributed by atoms with Gasteiger partial charge in [-0.05, 0) is 51.8 Å². The Morgan fingerprint density at radius 3 is 2.38 bits per heavy atom. The van der Waals surface area contributed by atoms with Crippen LogP contribution in [-0.2, 0) is 5.41 Å². The summed E-state index contributed by atoms with van der Waals surface area (Å²) in [5.41, 5.74) is 8.51. The van der Waals surface area contributed by atoms with Crippen LogP contribution in [0.25, 0.3) is 16.7 Å². The molecule has 2 aromatic rings. The molecule has 0 aromatic heterocycles. The van der Waals surface area contributed by atoms with Crippen LogP contribution in [0.2, 0.25) is 0 Å². The molecule has 0 saturated heterocycles. The molecule has 0 heteroatoms. The van der Waals surface area contributed by atoms with Gasteiger partial charge in [-0.1, -0.05) is 89.2 Å². The van der Waals surface area contributed by atoms with Crippen molar-refractivity contribution >= 4 is 5.57 Å². The zero-order valence-electron chi connectivity index (χ0n) is 15.6. The van der Waals surface area contributed by atoms with E-state index in [1.54, 1.807) is 0 Å². The standard InChI is InChI=1S/C22H22.C2H6/c1-15-7-6-8-16(13-15)17-11-12-19-18-9-4-5-10-20(18)22(2,3)21(19)14-17;1-2/h4-6,8-15H,7H2,1-3H3;1-2H3. The molecule has 0 nitrogen and oxygen atoms in total. The lowest BCUT2D eigenvalue weighted by atomic mass is 9.81. The lowest BCUT2D eigenvalue weighted by Gasteiger charge is -2.22. The van der Waals surface area contributed by atoms with Crippen molar-refractivity contribution in [2.24, 2.45) is 5.92 Å². The number of allylic oxidation sites excluding steroid dienone is 4. The second-order valence-corrected chi connectivity index (χ2v) is 7.17. The fraction of sp³-hybridized carbons (Fsp3) is 0.333. The first-order chi connectivity index (χ1) is 11.6. The molecule has 2 aliphatic rings. The maximum atomic E-state index is 2.41. The summed E-state index contributed by atoms with van der Waals surface area (Å²) < 4.78 is 0. The molecule has 24 heavy (non-hydrogen) atoms. The van der Waals surface area contributed by atoms with E-state index in [1.807, 2.05) is 13.8 Å². The van der Waals surface area contributed by atoms with Crippen molar-refractivity contribution in [2.75, 3.05) is 0 Å². The van der Waals surface area contributed by atoms with Crippen molar-refractivity contribution in [3.05, 3.63) is 77.4 Å². The molecule has 0 radical (unpaired) electrons. The van der Waals surface area contributed by atoms with Gasteiger partial charge in [-0.2, -0.15) is 0 Å². The van der Waals surface area contributed by atoms with Gasteiger partial charge in [0.25, 0.3) is 0 Å². The predicted octanol–water partition coefficient (Wildman–Crippen LogP) is 7.00. The fourth-order valence-electron chi connectivity index (χ4n) is 3.92. The Labute approximate surface area is 146 Å². The summed E-state index contributed by atoms with van der Waals surface area (Å²) >= 11 is 0. The Balaban J connectivity index is 0.000000815. The molecule has 0 aliphatic heterocycles. The largest absolute Gasteiger partial charge is 0.0834 e. The van der Waals surface area contributed by atoms with E-state index in [2.05, 4.69) is 81.5 Å². The number of hydrogen-bond donors (Lipinski definition) is 0. The number of fused-ring (bicyclic) bond motifs is 3. The van der Waals surface area contributed by atoms with E-state index in [0.717, 1.165) is 6.42 Å². The minimum atomic E-state index is 0.0898.